The molecule has 8 bridgehead atoms. The molecule has 4 aromatic carbocycles. The van der Waals surface area contributed by atoms with Gasteiger partial charge in [0.15, 0.2) is 46.7 Å². The van der Waals surface area contributed by atoms with Crippen LogP contribution in [0.4, 0.5) is 0 Å². The van der Waals surface area contributed by atoms with Gasteiger partial charge in [-0.2, -0.15) is 0 Å². The second-order valence-corrected chi connectivity index (χ2v) is 31.7. The van der Waals surface area contributed by atoms with Gasteiger partial charge in [0.2, 0.25) is 0 Å². The van der Waals surface area contributed by atoms with Crippen LogP contribution in [0.25, 0.3) is 0 Å². The maximum absolute atomic E-state index is 14.0. The fourth-order valence-corrected chi connectivity index (χ4v) is 13.2. The minimum absolute atomic E-state index is 0.214. The Hall–Kier alpha value is -7.24. The molecule has 0 N–H and O–H groups in total. The molecule has 9 rings (SSSR count). The quantitative estimate of drug-likeness (QED) is 0.0850. The molecule has 16 heteroatoms. The molecule has 1 aliphatic rings. The largest absolute Gasteiger partial charge is 0.481 e. The van der Waals surface area contributed by atoms with Crippen molar-refractivity contribution in [1.29, 1.82) is 0 Å². The zero-order valence-electron chi connectivity index (χ0n) is 53.4. The number of fused-ring (bicyclic) bond motifs is 8. The van der Waals surface area contributed by atoms with Crippen molar-refractivity contribution in [2.24, 2.45) is 0 Å². The van der Waals surface area contributed by atoms with Crippen LogP contribution in [-0.2, 0) is 66.5 Å². The van der Waals surface area contributed by atoms with E-state index >= 15 is 0 Å². The number of esters is 4. The molecule has 4 aromatic heterocycles. The molecule has 1 aliphatic carbocycles. The lowest BCUT2D eigenvalue weighted by Gasteiger charge is -2.29. The normalized spacial score (nSPS) is 12.7. The van der Waals surface area contributed by atoms with Gasteiger partial charge >= 0.3 is 23.9 Å². The Bertz CT molecular complexity index is 3300. The van der Waals surface area contributed by atoms with E-state index in [1.165, 1.54) is 45.3 Å². The summed E-state index contributed by atoms with van der Waals surface area (Å²) in [5, 5.41) is 1.83. The van der Waals surface area contributed by atoms with Gasteiger partial charge in [-0.05, 0) is 165 Å². The lowest BCUT2D eigenvalue weighted by Crippen LogP contribution is -2.22. The first-order valence-corrected chi connectivity index (χ1v) is 32.8. The molecule has 464 valence electrons. The van der Waals surface area contributed by atoms with Crippen LogP contribution in [0.15, 0.2) is 97.1 Å². The molecule has 0 fully saturated rings. The molecule has 4 heterocycles. The SMILES string of the molecule is Cc1ccc(OC(=O)COc2c3cc(C(C)(C)C)cc2Cc2cc(C(C)(C)C)cc(c2OCC(=O)Oc2ccc(C)s2)Cc2cc(C(C)(C)C)cc(c2OCC(=O)Oc2ccc(C)s2)Cc2cc(C(C)(C)C)cc(c2OCC(=O)Oc2ccc(C)s2)C3)s1. The van der Waals surface area contributed by atoms with Gasteiger partial charge in [0, 0.05) is 45.2 Å². The number of aryl methyl sites for hydroxylation is 4. The summed E-state index contributed by atoms with van der Waals surface area (Å²) in [6, 6.07) is 31.8. The summed E-state index contributed by atoms with van der Waals surface area (Å²) in [4.78, 5) is 60.0. The molecule has 0 saturated carbocycles. The van der Waals surface area contributed by atoms with Crippen molar-refractivity contribution >= 4 is 69.2 Å². The number of rotatable bonds is 16. The number of hydrogen-bond acceptors (Lipinski definition) is 16. The van der Waals surface area contributed by atoms with E-state index in [4.69, 9.17) is 37.9 Å². The van der Waals surface area contributed by atoms with E-state index in [0.29, 0.717) is 43.3 Å². The third-order valence-electron chi connectivity index (χ3n) is 15.0. The first-order valence-electron chi connectivity index (χ1n) is 29.6. The van der Waals surface area contributed by atoms with E-state index in [2.05, 4.69) is 132 Å². The predicted molar refractivity (Wildman–Crippen MR) is 353 cm³/mol. The van der Waals surface area contributed by atoms with Gasteiger partial charge in [0.25, 0.3) is 0 Å². The topological polar surface area (TPSA) is 142 Å². The van der Waals surface area contributed by atoms with Crippen molar-refractivity contribution in [3.63, 3.8) is 0 Å². The number of benzene rings is 4. The summed E-state index contributed by atoms with van der Waals surface area (Å²) in [7, 11) is 0. The van der Waals surface area contributed by atoms with Crippen LogP contribution in [-0.4, -0.2) is 50.3 Å². The summed E-state index contributed by atoms with van der Waals surface area (Å²) < 4.78 is 51.1. The van der Waals surface area contributed by atoms with Gasteiger partial charge in [-0.25, -0.2) is 19.2 Å². The highest BCUT2D eigenvalue weighted by Gasteiger charge is 2.31. The fourth-order valence-electron chi connectivity index (χ4n) is 10.3. The zero-order valence-corrected chi connectivity index (χ0v) is 56.7. The molecule has 0 spiro atoms. The van der Waals surface area contributed by atoms with Crippen LogP contribution in [0.1, 0.15) is 169 Å². The fraction of sp³-hybridized carbons (Fsp3) is 0.389. The number of carbonyl (C=O) groups is 4. The van der Waals surface area contributed by atoms with Crippen molar-refractivity contribution in [2.45, 2.75) is 158 Å². The monoisotopic (exact) mass is 1260 g/mol. The maximum Gasteiger partial charge on any atom is 0.350 e. The van der Waals surface area contributed by atoms with Crippen LogP contribution in [0.5, 0.6) is 43.3 Å². The van der Waals surface area contributed by atoms with Crippen molar-refractivity contribution in [2.75, 3.05) is 26.4 Å². The van der Waals surface area contributed by atoms with E-state index in [0.717, 1.165) is 86.3 Å². The Labute approximate surface area is 534 Å². The lowest BCUT2D eigenvalue weighted by atomic mass is 9.79. The van der Waals surface area contributed by atoms with Gasteiger partial charge in [-0.1, -0.05) is 132 Å². The van der Waals surface area contributed by atoms with E-state index < -0.39 is 72.0 Å². The minimum Gasteiger partial charge on any atom is -0.481 e. The molecule has 88 heavy (non-hydrogen) atoms. The Morgan fingerprint density at radius 1 is 0.307 bits per heavy atom. The Morgan fingerprint density at radius 2 is 0.477 bits per heavy atom. The molecule has 0 unspecified atom stereocenters. The van der Waals surface area contributed by atoms with Gasteiger partial charge in [0.05, 0.1) is 0 Å². The first kappa shape index (κ1) is 65.2. The average Bonchev–Trinajstić information content (AvgIpc) is 1.84. The first-order chi connectivity index (χ1) is 41.3. The molecular weight excluding hydrogens is 1190 g/mol. The van der Waals surface area contributed by atoms with Crippen molar-refractivity contribution in [3.8, 4) is 43.3 Å². The third-order valence-corrected chi connectivity index (χ3v) is 18.5. The van der Waals surface area contributed by atoms with Gasteiger partial charge in [0.1, 0.15) is 23.0 Å². The number of hydrogen-bond donors (Lipinski definition) is 0. The van der Waals surface area contributed by atoms with E-state index in [-0.39, 0.29) is 25.7 Å². The molecule has 0 atom stereocenters. The number of carbonyl (C=O) groups excluding carboxylic acids is 4. The van der Waals surface area contributed by atoms with Gasteiger partial charge < -0.3 is 37.9 Å². The molecular formula is C72H80O12S4. The zero-order chi connectivity index (χ0) is 63.6. The van der Waals surface area contributed by atoms with E-state index in [9.17, 15) is 19.2 Å². The summed E-state index contributed by atoms with van der Waals surface area (Å²) >= 11 is 5.49. The maximum atomic E-state index is 14.0. The summed E-state index contributed by atoms with van der Waals surface area (Å²) in [6.45, 7) is 32.0. The molecule has 0 aliphatic heterocycles. The van der Waals surface area contributed by atoms with Crippen molar-refractivity contribution in [1.82, 2.24) is 0 Å². The molecule has 0 radical (unpaired) electrons. The average molecular weight is 1270 g/mol. The second kappa shape index (κ2) is 26.5. The van der Waals surface area contributed by atoms with Crippen LogP contribution in [0.3, 0.4) is 0 Å². The molecule has 0 amide bonds. The number of thiophene rings is 4. The molecule has 0 saturated heterocycles. The van der Waals surface area contributed by atoms with Crippen molar-refractivity contribution in [3.05, 3.63) is 183 Å². The molecule has 12 nitrogen and oxygen atoms in total. The highest BCUT2D eigenvalue weighted by atomic mass is 32.1. The van der Waals surface area contributed by atoms with Crippen molar-refractivity contribution < 1.29 is 57.1 Å². The second-order valence-electron chi connectivity index (χ2n) is 26.7. The summed E-state index contributed by atoms with van der Waals surface area (Å²) in [5.74, 6) is -0.472. The minimum atomic E-state index is -0.578. The van der Waals surface area contributed by atoms with Crippen LogP contribution in [0.2, 0.25) is 0 Å². The van der Waals surface area contributed by atoms with Gasteiger partial charge in [-0.15, -0.1) is 45.3 Å². The Balaban J connectivity index is 1.33. The van der Waals surface area contributed by atoms with Gasteiger partial charge in [-0.3, -0.25) is 0 Å². The lowest BCUT2D eigenvalue weighted by molar-refractivity contribution is -0.137. The number of ether oxygens (including phenoxy) is 8. The van der Waals surface area contributed by atoms with E-state index in [1.54, 1.807) is 24.3 Å². The van der Waals surface area contributed by atoms with Crippen LogP contribution < -0.4 is 37.9 Å². The van der Waals surface area contributed by atoms with Crippen LogP contribution in [0, 0.1) is 27.7 Å². The highest BCUT2D eigenvalue weighted by molar-refractivity contribution is 7.14. The standard InChI is InChI=1S/C72H80O12S4/c1-41-17-21-61(85-41)81-57(73)37-77-65-45-25-47-31-54(70(8,9)10)33-49(66(47)78-38-58(74)82-62-22-18-42(2)86-62)27-51-35-56(72(14,15)16)36-52(68(51)80-40-60(76)84-64-24-20-44(4)88-64)28-50-34-55(71(11,12)13)32-48(26-46(65)30-53(29-45)69(5,6)7)67(50)79-39-59(75)83-63-23-19-43(3)87-63/h17-24,29-36H,25-28,37-40H2,1-16H3. The predicted octanol–water partition coefficient (Wildman–Crippen LogP) is 17.0. The smallest absolute Gasteiger partial charge is 0.350 e. The molecule has 8 aromatic rings. The van der Waals surface area contributed by atoms with E-state index in [1.807, 2.05) is 52.0 Å². The third kappa shape index (κ3) is 16.7. The van der Waals surface area contributed by atoms with Crippen LogP contribution >= 0.6 is 45.3 Å². The highest BCUT2D eigenvalue weighted by Crippen LogP contribution is 2.45. The summed E-state index contributed by atoms with van der Waals surface area (Å²) in [6.07, 6.45) is 0.858. The Kier molecular flexibility index (Phi) is 19.6. The Morgan fingerprint density at radius 3 is 0.614 bits per heavy atom. The summed E-state index contributed by atoms with van der Waals surface area (Å²) in [5.41, 5.74) is 8.36.